The summed E-state index contributed by atoms with van der Waals surface area (Å²) in [6.07, 6.45) is 0. The smallest absolute Gasteiger partial charge is 0.142 e. The lowest BCUT2D eigenvalue weighted by atomic mass is 10.1. The van der Waals surface area contributed by atoms with E-state index in [2.05, 4.69) is 12.2 Å². The standard InChI is InChI=1S/C12H19ClN2O/c1-8(6-14)7-15-11-5-10(13)9(2)4-12(11)16-3/h4-5,8,15H,6-7,14H2,1-3H3. The maximum absolute atomic E-state index is 6.07. The fourth-order valence-electron chi connectivity index (χ4n) is 1.33. The van der Waals surface area contributed by atoms with Crippen molar-refractivity contribution in [2.45, 2.75) is 13.8 Å². The average Bonchev–Trinajstić information content (AvgIpc) is 2.29. The predicted octanol–water partition coefficient (Wildman–Crippen LogP) is 2.66. The quantitative estimate of drug-likeness (QED) is 0.835. The van der Waals surface area contributed by atoms with Crippen molar-refractivity contribution in [3.63, 3.8) is 0 Å². The van der Waals surface area contributed by atoms with Crippen LogP contribution in [0.5, 0.6) is 5.75 Å². The Morgan fingerprint density at radius 2 is 2.19 bits per heavy atom. The van der Waals surface area contributed by atoms with Crippen molar-refractivity contribution in [3.8, 4) is 5.75 Å². The van der Waals surface area contributed by atoms with Crippen LogP contribution in [0.1, 0.15) is 12.5 Å². The van der Waals surface area contributed by atoms with Gasteiger partial charge in [0.05, 0.1) is 12.8 Å². The number of hydrogen-bond acceptors (Lipinski definition) is 3. The highest BCUT2D eigenvalue weighted by Gasteiger charge is 2.07. The van der Waals surface area contributed by atoms with Crippen LogP contribution in [-0.2, 0) is 0 Å². The molecule has 3 nitrogen and oxygen atoms in total. The summed E-state index contributed by atoms with van der Waals surface area (Å²) in [4.78, 5) is 0. The second-order valence-corrected chi connectivity index (χ2v) is 4.43. The molecular weight excluding hydrogens is 224 g/mol. The lowest BCUT2D eigenvalue weighted by molar-refractivity contribution is 0.416. The van der Waals surface area contributed by atoms with Gasteiger partial charge in [-0.1, -0.05) is 18.5 Å². The zero-order valence-corrected chi connectivity index (χ0v) is 10.8. The number of halogens is 1. The van der Waals surface area contributed by atoms with Gasteiger partial charge in [-0.05, 0) is 37.1 Å². The second-order valence-electron chi connectivity index (χ2n) is 4.02. The molecular formula is C12H19ClN2O. The van der Waals surface area contributed by atoms with E-state index in [1.807, 2.05) is 19.1 Å². The van der Waals surface area contributed by atoms with E-state index in [1.165, 1.54) is 0 Å². The van der Waals surface area contributed by atoms with E-state index in [-0.39, 0.29) is 0 Å². The van der Waals surface area contributed by atoms with Gasteiger partial charge in [-0.15, -0.1) is 0 Å². The maximum atomic E-state index is 6.07. The zero-order valence-electron chi connectivity index (χ0n) is 10.0. The molecule has 1 unspecified atom stereocenters. The van der Waals surface area contributed by atoms with E-state index in [1.54, 1.807) is 7.11 Å². The van der Waals surface area contributed by atoms with E-state index >= 15 is 0 Å². The highest BCUT2D eigenvalue weighted by atomic mass is 35.5. The minimum Gasteiger partial charge on any atom is -0.495 e. The van der Waals surface area contributed by atoms with Gasteiger partial charge in [0.2, 0.25) is 0 Å². The van der Waals surface area contributed by atoms with Crippen LogP contribution < -0.4 is 15.8 Å². The summed E-state index contributed by atoms with van der Waals surface area (Å²) in [6, 6.07) is 3.82. The van der Waals surface area contributed by atoms with E-state index < -0.39 is 0 Å². The van der Waals surface area contributed by atoms with Crippen LogP contribution in [0.4, 0.5) is 5.69 Å². The van der Waals surface area contributed by atoms with Crippen molar-refractivity contribution < 1.29 is 4.74 Å². The molecule has 0 saturated heterocycles. The summed E-state index contributed by atoms with van der Waals surface area (Å²) in [5, 5.41) is 4.03. The van der Waals surface area contributed by atoms with Crippen molar-refractivity contribution in [2.75, 3.05) is 25.5 Å². The van der Waals surface area contributed by atoms with Gasteiger partial charge >= 0.3 is 0 Å². The molecule has 1 rings (SSSR count). The highest BCUT2D eigenvalue weighted by Crippen LogP contribution is 2.30. The van der Waals surface area contributed by atoms with Crippen LogP contribution in [0.15, 0.2) is 12.1 Å². The van der Waals surface area contributed by atoms with Gasteiger partial charge in [-0.2, -0.15) is 0 Å². The number of nitrogens with two attached hydrogens (primary N) is 1. The lowest BCUT2D eigenvalue weighted by Gasteiger charge is -2.15. The first kappa shape index (κ1) is 13.1. The lowest BCUT2D eigenvalue weighted by Crippen LogP contribution is -2.20. The van der Waals surface area contributed by atoms with Gasteiger partial charge in [0.25, 0.3) is 0 Å². The van der Waals surface area contributed by atoms with Crippen LogP contribution in [0, 0.1) is 12.8 Å². The largest absolute Gasteiger partial charge is 0.495 e. The molecule has 0 spiro atoms. The molecule has 1 aromatic rings. The minimum absolute atomic E-state index is 0.421. The molecule has 0 aliphatic carbocycles. The molecule has 0 radical (unpaired) electrons. The molecule has 90 valence electrons. The summed E-state index contributed by atoms with van der Waals surface area (Å²) in [7, 11) is 1.65. The molecule has 0 saturated carbocycles. The molecule has 3 N–H and O–H groups in total. The molecule has 1 aromatic carbocycles. The molecule has 0 bridgehead atoms. The number of aryl methyl sites for hydroxylation is 1. The van der Waals surface area contributed by atoms with Gasteiger partial charge < -0.3 is 15.8 Å². The van der Waals surface area contributed by atoms with Gasteiger partial charge in [-0.3, -0.25) is 0 Å². The van der Waals surface area contributed by atoms with Crippen LogP contribution in [0.3, 0.4) is 0 Å². The Morgan fingerprint density at radius 1 is 1.50 bits per heavy atom. The monoisotopic (exact) mass is 242 g/mol. The van der Waals surface area contributed by atoms with Gasteiger partial charge in [0.1, 0.15) is 5.75 Å². The Hall–Kier alpha value is -0.930. The number of hydrogen-bond donors (Lipinski definition) is 2. The molecule has 0 aliphatic heterocycles. The van der Waals surface area contributed by atoms with Gasteiger partial charge in [0, 0.05) is 11.6 Å². The first-order valence-electron chi connectivity index (χ1n) is 5.36. The molecule has 0 heterocycles. The SMILES string of the molecule is COc1cc(C)c(Cl)cc1NCC(C)CN. The first-order valence-corrected chi connectivity index (χ1v) is 5.74. The van der Waals surface area contributed by atoms with Crippen molar-refractivity contribution in [2.24, 2.45) is 11.7 Å². The Morgan fingerprint density at radius 3 is 2.75 bits per heavy atom. The first-order chi connectivity index (χ1) is 7.58. The van der Waals surface area contributed by atoms with Crippen molar-refractivity contribution >= 4 is 17.3 Å². The molecule has 4 heteroatoms. The van der Waals surface area contributed by atoms with Gasteiger partial charge in [0.15, 0.2) is 0 Å². The third-order valence-electron chi connectivity index (χ3n) is 2.52. The Bertz CT molecular complexity index is 355. The second kappa shape index (κ2) is 5.97. The van der Waals surface area contributed by atoms with E-state index in [0.29, 0.717) is 12.5 Å². The summed E-state index contributed by atoms with van der Waals surface area (Å²) in [5.41, 5.74) is 7.49. The Kier molecular flexibility index (Phi) is 4.90. The summed E-state index contributed by atoms with van der Waals surface area (Å²) < 4.78 is 5.29. The van der Waals surface area contributed by atoms with E-state index in [9.17, 15) is 0 Å². The molecule has 0 fully saturated rings. The average molecular weight is 243 g/mol. The van der Waals surface area contributed by atoms with Crippen LogP contribution in [-0.4, -0.2) is 20.2 Å². The Balaban J connectivity index is 2.81. The number of benzene rings is 1. The van der Waals surface area contributed by atoms with E-state index in [4.69, 9.17) is 22.1 Å². The maximum Gasteiger partial charge on any atom is 0.142 e. The summed E-state index contributed by atoms with van der Waals surface area (Å²) in [6.45, 7) is 5.52. The number of rotatable bonds is 5. The topological polar surface area (TPSA) is 47.3 Å². The fraction of sp³-hybridized carbons (Fsp3) is 0.500. The number of nitrogens with one attached hydrogen (secondary N) is 1. The van der Waals surface area contributed by atoms with Crippen LogP contribution in [0.25, 0.3) is 0 Å². The highest BCUT2D eigenvalue weighted by molar-refractivity contribution is 6.31. The number of ether oxygens (including phenoxy) is 1. The third-order valence-corrected chi connectivity index (χ3v) is 2.93. The third kappa shape index (κ3) is 3.29. The fourth-order valence-corrected chi connectivity index (χ4v) is 1.49. The van der Waals surface area contributed by atoms with E-state index in [0.717, 1.165) is 28.6 Å². The number of anilines is 1. The van der Waals surface area contributed by atoms with Crippen molar-refractivity contribution in [1.29, 1.82) is 0 Å². The molecule has 0 aromatic heterocycles. The summed E-state index contributed by atoms with van der Waals surface area (Å²) in [5.74, 6) is 1.23. The van der Waals surface area contributed by atoms with Crippen molar-refractivity contribution in [3.05, 3.63) is 22.7 Å². The Labute approximate surface area is 102 Å². The molecule has 0 amide bonds. The molecule has 16 heavy (non-hydrogen) atoms. The predicted molar refractivity (Wildman–Crippen MR) is 69.4 cm³/mol. The normalized spacial score (nSPS) is 12.3. The number of methoxy groups -OCH3 is 1. The zero-order chi connectivity index (χ0) is 12.1. The summed E-state index contributed by atoms with van der Waals surface area (Å²) >= 11 is 6.07. The van der Waals surface area contributed by atoms with Crippen LogP contribution in [0.2, 0.25) is 5.02 Å². The molecule has 0 aliphatic rings. The minimum atomic E-state index is 0.421. The van der Waals surface area contributed by atoms with Crippen molar-refractivity contribution in [1.82, 2.24) is 0 Å². The van der Waals surface area contributed by atoms with Gasteiger partial charge in [-0.25, -0.2) is 0 Å². The molecule has 1 atom stereocenters. The van der Waals surface area contributed by atoms with Crippen LogP contribution >= 0.6 is 11.6 Å².